The van der Waals surface area contributed by atoms with E-state index >= 15 is 0 Å². The minimum Gasteiger partial charge on any atom is -0.481 e. The van der Waals surface area contributed by atoms with Crippen LogP contribution in [0.5, 0.6) is 5.88 Å². The van der Waals surface area contributed by atoms with E-state index in [1.54, 1.807) is 6.07 Å². The van der Waals surface area contributed by atoms with Crippen LogP contribution in [0.25, 0.3) is 0 Å². The van der Waals surface area contributed by atoms with E-state index in [9.17, 15) is 14.7 Å². The molecule has 0 saturated carbocycles. The fourth-order valence-corrected chi connectivity index (χ4v) is 1.93. The topological polar surface area (TPSA) is 88.5 Å². The molecule has 0 fully saturated rings. The van der Waals surface area contributed by atoms with Crippen molar-refractivity contribution in [3.05, 3.63) is 59.8 Å². The molecule has 0 unspecified atom stereocenters. The maximum Gasteiger partial charge on any atom is 0.326 e. The Kier molecular flexibility index (Phi) is 5.08. The van der Waals surface area contributed by atoms with Gasteiger partial charge in [-0.05, 0) is 11.6 Å². The van der Waals surface area contributed by atoms with Crippen LogP contribution in [0.15, 0.2) is 48.7 Å². The van der Waals surface area contributed by atoms with E-state index in [1.165, 1.54) is 19.4 Å². The molecule has 0 radical (unpaired) electrons. The Morgan fingerprint density at radius 3 is 2.50 bits per heavy atom. The van der Waals surface area contributed by atoms with Crippen LogP contribution in [0.2, 0.25) is 0 Å². The van der Waals surface area contributed by atoms with E-state index in [0.717, 1.165) is 5.56 Å². The number of nitrogens with one attached hydrogen (secondary N) is 1. The number of hydrogen-bond donors (Lipinski definition) is 2. The van der Waals surface area contributed by atoms with Gasteiger partial charge in [0.05, 0.1) is 12.7 Å². The van der Waals surface area contributed by atoms with Gasteiger partial charge in [0.15, 0.2) is 0 Å². The lowest BCUT2D eigenvalue weighted by atomic mass is 10.1. The third-order valence-corrected chi connectivity index (χ3v) is 3.09. The molecular weight excluding hydrogens is 284 g/mol. The highest BCUT2D eigenvalue weighted by Crippen LogP contribution is 2.08. The summed E-state index contributed by atoms with van der Waals surface area (Å²) in [4.78, 5) is 27.3. The highest BCUT2D eigenvalue weighted by Gasteiger charge is 2.21. The van der Waals surface area contributed by atoms with Crippen molar-refractivity contribution in [2.24, 2.45) is 0 Å². The Hall–Kier alpha value is -2.89. The van der Waals surface area contributed by atoms with Gasteiger partial charge in [0.2, 0.25) is 5.88 Å². The van der Waals surface area contributed by atoms with E-state index < -0.39 is 17.9 Å². The molecule has 6 nitrogen and oxygen atoms in total. The molecule has 1 aromatic carbocycles. The first-order chi connectivity index (χ1) is 10.6. The molecule has 1 atom stereocenters. The number of nitrogens with zero attached hydrogens (tertiary/aromatic N) is 1. The van der Waals surface area contributed by atoms with Crippen LogP contribution in [0, 0.1) is 0 Å². The average Bonchev–Trinajstić information content (AvgIpc) is 2.55. The third-order valence-electron chi connectivity index (χ3n) is 3.09. The van der Waals surface area contributed by atoms with Gasteiger partial charge in [0.25, 0.3) is 5.91 Å². The zero-order chi connectivity index (χ0) is 15.9. The number of amides is 1. The summed E-state index contributed by atoms with van der Waals surface area (Å²) in [6.07, 6.45) is 1.56. The van der Waals surface area contributed by atoms with Crippen LogP contribution < -0.4 is 10.1 Å². The second-order valence-corrected chi connectivity index (χ2v) is 4.64. The summed E-state index contributed by atoms with van der Waals surface area (Å²) in [7, 11) is 1.47. The molecule has 6 heteroatoms. The number of ether oxygens (including phenoxy) is 1. The van der Waals surface area contributed by atoms with Crippen molar-refractivity contribution in [2.45, 2.75) is 12.5 Å². The molecule has 22 heavy (non-hydrogen) atoms. The van der Waals surface area contributed by atoms with E-state index in [1.807, 2.05) is 30.3 Å². The van der Waals surface area contributed by atoms with E-state index in [0.29, 0.717) is 5.88 Å². The molecule has 0 aliphatic rings. The van der Waals surface area contributed by atoms with Gasteiger partial charge >= 0.3 is 5.97 Å². The van der Waals surface area contributed by atoms with Gasteiger partial charge < -0.3 is 15.2 Å². The Balaban J connectivity index is 2.06. The SMILES string of the molecule is COc1ccc(C(=O)N[C@H](Cc2ccccc2)C(=O)O)cn1. The number of aliphatic carboxylic acids is 1. The second kappa shape index (κ2) is 7.21. The van der Waals surface area contributed by atoms with Crippen LogP contribution in [-0.4, -0.2) is 35.1 Å². The summed E-state index contributed by atoms with van der Waals surface area (Å²) in [5.41, 5.74) is 1.11. The predicted molar refractivity (Wildman–Crippen MR) is 79.8 cm³/mol. The number of rotatable bonds is 6. The number of hydrogen-bond acceptors (Lipinski definition) is 4. The van der Waals surface area contributed by atoms with Crippen molar-refractivity contribution < 1.29 is 19.4 Å². The van der Waals surface area contributed by atoms with E-state index in [2.05, 4.69) is 10.3 Å². The van der Waals surface area contributed by atoms with Gasteiger partial charge in [-0.3, -0.25) is 4.79 Å². The average molecular weight is 300 g/mol. The summed E-state index contributed by atoms with van der Waals surface area (Å²) in [5, 5.41) is 11.8. The number of pyridine rings is 1. The molecule has 1 aromatic heterocycles. The fourth-order valence-electron chi connectivity index (χ4n) is 1.93. The Morgan fingerprint density at radius 1 is 1.23 bits per heavy atom. The molecule has 0 aliphatic carbocycles. The predicted octanol–water partition coefficient (Wildman–Crippen LogP) is 1.52. The molecule has 1 amide bonds. The monoisotopic (exact) mass is 300 g/mol. The van der Waals surface area contributed by atoms with Crippen LogP contribution in [0.3, 0.4) is 0 Å². The van der Waals surface area contributed by atoms with Crippen molar-refractivity contribution in [1.29, 1.82) is 0 Å². The summed E-state index contributed by atoms with van der Waals surface area (Å²) < 4.78 is 4.91. The molecule has 2 rings (SSSR count). The normalized spacial score (nSPS) is 11.5. The molecule has 2 aromatic rings. The maximum absolute atomic E-state index is 12.1. The first kappa shape index (κ1) is 15.5. The molecule has 0 bridgehead atoms. The number of carbonyl (C=O) groups excluding carboxylic acids is 1. The minimum absolute atomic E-state index is 0.214. The van der Waals surface area contributed by atoms with Crippen LogP contribution in [-0.2, 0) is 11.2 Å². The number of benzene rings is 1. The molecule has 114 valence electrons. The minimum atomic E-state index is -1.08. The molecular formula is C16H16N2O4. The Morgan fingerprint density at radius 2 is 1.95 bits per heavy atom. The van der Waals surface area contributed by atoms with Crippen molar-refractivity contribution in [3.63, 3.8) is 0 Å². The smallest absolute Gasteiger partial charge is 0.326 e. The van der Waals surface area contributed by atoms with Gasteiger partial charge in [-0.25, -0.2) is 9.78 Å². The van der Waals surface area contributed by atoms with Crippen LogP contribution in [0.1, 0.15) is 15.9 Å². The summed E-state index contributed by atoms with van der Waals surface area (Å²) >= 11 is 0. The summed E-state index contributed by atoms with van der Waals surface area (Å²) in [5.74, 6) is -1.19. The maximum atomic E-state index is 12.1. The highest BCUT2D eigenvalue weighted by molar-refractivity contribution is 5.96. The summed E-state index contributed by atoms with van der Waals surface area (Å²) in [6.45, 7) is 0. The zero-order valence-electron chi connectivity index (χ0n) is 12.0. The van der Waals surface area contributed by atoms with Gasteiger partial charge in [0, 0.05) is 18.7 Å². The molecule has 1 heterocycles. The summed E-state index contributed by atoms with van der Waals surface area (Å²) in [6, 6.07) is 11.2. The van der Waals surface area contributed by atoms with Crippen molar-refractivity contribution >= 4 is 11.9 Å². The number of aromatic nitrogens is 1. The van der Waals surface area contributed by atoms with Crippen molar-refractivity contribution in [2.75, 3.05) is 7.11 Å². The van der Waals surface area contributed by atoms with E-state index in [-0.39, 0.29) is 12.0 Å². The van der Waals surface area contributed by atoms with E-state index in [4.69, 9.17) is 4.74 Å². The molecule has 0 aliphatic heterocycles. The van der Waals surface area contributed by atoms with Gasteiger partial charge in [-0.2, -0.15) is 0 Å². The number of methoxy groups -OCH3 is 1. The Bertz CT molecular complexity index is 641. The Labute approximate surface area is 127 Å². The lowest BCUT2D eigenvalue weighted by Crippen LogP contribution is -2.42. The first-order valence-electron chi connectivity index (χ1n) is 6.68. The number of carbonyl (C=O) groups is 2. The third kappa shape index (κ3) is 4.05. The zero-order valence-corrected chi connectivity index (χ0v) is 12.0. The second-order valence-electron chi connectivity index (χ2n) is 4.64. The van der Waals surface area contributed by atoms with Crippen LogP contribution in [0.4, 0.5) is 0 Å². The first-order valence-corrected chi connectivity index (χ1v) is 6.68. The largest absolute Gasteiger partial charge is 0.481 e. The lowest BCUT2D eigenvalue weighted by Gasteiger charge is -2.14. The van der Waals surface area contributed by atoms with Crippen LogP contribution >= 0.6 is 0 Å². The van der Waals surface area contributed by atoms with Gasteiger partial charge in [-0.15, -0.1) is 0 Å². The van der Waals surface area contributed by atoms with Gasteiger partial charge in [-0.1, -0.05) is 30.3 Å². The molecule has 0 spiro atoms. The number of carboxylic acid groups (broad SMARTS) is 1. The lowest BCUT2D eigenvalue weighted by molar-refractivity contribution is -0.139. The molecule has 2 N–H and O–H groups in total. The number of carboxylic acids is 1. The highest BCUT2D eigenvalue weighted by atomic mass is 16.5. The van der Waals surface area contributed by atoms with Crippen molar-refractivity contribution in [1.82, 2.24) is 10.3 Å². The standard InChI is InChI=1S/C16H16N2O4/c1-22-14-8-7-12(10-17-14)15(19)18-13(16(20)21)9-11-5-3-2-4-6-11/h2-8,10,13H,9H2,1H3,(H,18,19)(H,20,21)/t13-/m1/s1. The van der Waals surface area contributed by atoms with Gasteiger partial charge in [0.1, 0.15) is 6.04 Å². The fraction of sp³-hybridized carbons (Fsp3) is 0.188. The quantitative estimate of drug-likeness (QED) is 0.844. The van der Waals surface area contributed by atoms with Crippen molar-refractivity contribution in [3.8, 4) is 5.88 Å². The molecule has 0 saturated heterocycles.